The second-order valence-corrected chi connectivity index (χ2v) is 9.36. The van der Waals surface area contributed by atoms with Crippen molar-refractivity contribution in [2.24, 2.45) is 11.8 Å². The Morgan fingerprint density at radius 2 is 1.56 bits per heavy atom. The molecule has 0 amide bonds. The smallest absolute Gasteiger partial charge is 0.147 e. The van der Waals surface area contributed by atoms with Gasteiger partial charge in [0.05, 0.1) is 36.1 Å². The standard InChI is InChI=1S/C21H38O6/c1-15-11-22-12-27-21(15,5)9-8-19-16(2)18(24-13-25-19)7-6-17-10-20(3,4)26-14-23-17/h15-19H,6-14H2,1-5H3. The molecule has 3 saturated heterocycles. The van der Waals surface area contributed by atoms with Gasteiger partial charge in [-0.25, -0.2) is 0 Å². The maximum Gasteiger partial charge on any atom is 0.147 e. The van der Waals surface area contributed by atoms with E-state index >= 15 is 0 Å². The first-order valence-corrected chi connectivity index (χ1v) is 10.5. The van der Waals surface area contributed by atoms with E-state index in [1.807, 2.05) is 0 Å². The van der Waals surface area contributed by atoms with Gasteiger partial charge in [0.15, 0.2) is 0 Å². The molecular weight excluding hydrogens is 348 g/mol. The summed E-state index contributed by atoms with van der Waals surface area (Å²) in [7, 11) is 0. The van der Waals surface area contributed by atoms with E-state index in [1.54, 1.807) is 0 Å². The van der Waals surface area contributed by atoms with E-state index in [0.29, 0.717) is 32.2 Å². The highest BCUT2D eigenvalue weighted by Crippen LogP contribution is 2.35. The van der Waals surface area contributed by atoms with Crippen LogP contribution < -0.4 is 0 Å². The van der Waals surface area contributed by atoms with Gasteiger partial charge in [0.1, 0.15) is 20.4 Å². The van der Waals surface area contributed by atoms with Gasteiger partial charge in [-0.05, 0) is 46.5 Å². The lowest BCUT2D eigenvalue weighted by molar-refractivity contribution is -0.235. The molecule has 0 saturated carbocycles. The van der Waals surface area contributed by atoms with Crippen LogP contribution in [0.5, 0.6) is 0 Å². The molecule has 3 heterocycles. The molecule has 0 bridgehead atoms. The molecule has 3 rings (SSSR count). The summed E-state index contributed by atoms with van der Waals surface area (Å²) in [4.78, 5) is 0. The van der Waals surface area contributed by atoms with Crippen LogP contribution in [0.25, 0.3) is 0 Å². The van der Waals surface area contributed by atoms with E-state index in [1.165, 1.54) is 0 Å². The Morgan fingerprint density at radius 3 is 2.26 bits per heavy atom. The maximum absolute atomic E-state index is 5.96. The molecule has 6 nitrogen and oxygen atoms in total. The molecule has 0 radical (unpaired) electrons. The third-order valence-electron chi connectivity index (χ3n) is 6.79. The van der Waals surface area contributed by atoms with Gasteiger partial charge in [-0.2, -0.15) is 0 Å². The van der Waals surface area contributed by atoms with E-state index in [4.69, 9.17) is 28.4 Å². The predicted molar refractivity (Wildman–Crippen MR) is 101 cm³/mol. The number of ether oxygens (including phenoxy) is 6. The number of rotatable bonds is 6. The fraction of sp³-hybridized carbons (Fsp3) is 1.00. The molecule has 3 aliphatic rings. The van der Waals surface area contributed by atoms with Crippen LogP contribution in [0.3, 0.4) is 0 Å². The summed E-state index contributed by atoms with van der Waals surface area (Å²) in [6.45, 7) is 12.9. The minimum atomic E-state index is -0.128. The third kappa shape index (κ3) is 5.64. The summed E-state index contributed by atoms with van der Waals surface area (Å²) >= 11 is 0. The van der Waals surface area contributed by atoms with Gasteiger partial charge in [0.25, 0.3) is 0 Å². The zero-order chi connectivity index (χ0) is 19.5. The summed E-state index contributed by atoms with van der Waals surface area (Å²) in [5.74, 6) is 0.761. The molecule has 0 spiro atoms. The van der Waals surface area contributed by atoms with Crippen LogP contribution >= 0.6 is 0 Å². The second-order valence-electron chi connectivity index (χ2n) is 9.36. The van der Waals surface area contributed by atoms with Gasteiger partial charge in [0.2, 0.25) is 0 Å². The molecule has 3 aliphatic heterocycles. The van der Waals surface area contributed by atoms with E-state index in [-0.39, 0.29) is 29.5 Å². The van der Waals surface area contributed by atoms with Crippen molar-refractivity contribution < 1.29 is 28.4 Å². The molecule has 3 fully saturated rings. The van der Waals surface area contributed by atoms with Crippen molar-refractivity contribution in [1.82, 2.24) is 0 Å². The van der Waals surface area contributed by atoms with Crippen molar-refractivity contribution in [3.63, 3.8) is 0 Å². The normalized spacial score (nSPS) is 42.8. The quantitative estimate of drug-likeness (QED) is 0.691. The first-order chi connectivity index (χ1) is 12.8. The Kier molecular flexibility index (Phi) is 7.20. The van der Waals surface area contributed by atoms with Crippen molar-refractivity contribution in [2.75, 3.05) is 27.0 Å². The van der Waals surface area contributed by atoms with Crippen LogP contribution in [0.15, 0.2) is 0 Å². The van der Waals surface area contributed by atoms with Crippen molar-refractivity contribution >= 4 is 0 Å². The molecule has 6 atom stereocenters. The zero-order valence-corrected chi connectivity index (χ0v) is 17.7. The van der Waals surface area contributed by atoms with E-state index < -0.39 is 0 Å². The highest BCUT2D eigenvalue weighted by Gasteiger charge is 2.39. The Bertz CT molecular complexity index is 470. The van der Waals surface area contributed by atoms with Crippen LogP contribution in [-0.2, 0) is 28.4 Å². The largest absolute Gasteiger partial charge is 0.355 e. The van der Waals surface area contributed by atoms with Gasteiger partial charge in [-0.3, -0.25) is 0 Å². The van der Waals surface area contributed by atoms with Crippen LogP contribution in [0.1, 0.15) is 66.7 Å². The maximum atomic E-state index is 5.96. The number of hydrogen-bond acceptors (Lipinski definition) is 6. The third-order valence-corrected chi connectivity index (χ3v) is 6.79. The Balaban J connectivity index is 1.46. The van der Waals surface area contributed by atoms with Gasteiger partial charge in [-0.15, -0.1) is 0 Å². The summed E-state index contributed by atoms with van der Waals surface area (Å²) in [5, 5.41) is 0. The van der Waals surface area contributed by atoms with E-state index in [0.717, 1.165) is 38.7 Å². The van der Waals surface area contributed by atoms with Gasteiger partial charge in [-0.1, -0.05) is 13.8 Å². The molecule has 0 aromatic rings. The molecule has 6 heteroatoms. The Labute approximate surface area is 164 Å². The highest BCUT2D eigenvalue weighted by atomic mass is 16.7. The summed E-state index contributed by atoms with van der Waals surface area (Å²) in [6.07, 6.45) is 5.60. The topological polar surface area (TPSA) is 55.4 Å². The first-order valence-electron chi connectivity index (χ1n) is 10.5. The van der Waals surface area contributed by atoms with E-state index in [9.17, 15) is 0 Å². The van der Waals surface area contributed by atoms with Crippen LogP contribution in [-0.4, -0.2) is 56.5 Å². The second kappa shape index (κ2) is 9.06. The molecular formula is C21H38O6. The first kappa shape index (κ1) is 21.5. The lowest BCUT2D eigenvalue weighted by atomic mass is 9.82. The summed E-state index contributed by atoms with van der Waals surface area (Å²) < 4.78 is 34.7. The van der Waals surface area contributed by atoms with Crippen molar-refractivity contribution in [3.8, 4) is 0 Å². The lowest BCUT2D eigenvalue weighted by Gasteiger charge is -2.42. The highest BCUT2D eigenvalue weighted by molar-refractivity contribution is 4.87. The van der Waals surface area contributed by atoms with Crippen molar-refractivity contribution in [1.29, 1.82) is 0 Å². The molecule has 0 N–H and O–H groups in total. The summed E-state index contributed by atoms with van der Waals surface area (Å²) in [6, 6.07) is 0. The van der Waals surface area contributed by atoms with Gasteiger partial charge in [0, 0.05) is 18.3 Å². The zero-order valence-electron chi connectivity index (χ0n) is 17.7. The minimum absolute atomic E-state index is 0.0938. The average molecular weight is 387 g/mol. The van der Waals surface area contributed by atoms with Crippen LogP contribution in [0, 0.1) is 11.8 Å². The van der Waals surface area contributed by atoms with Crippen LogP contribution in [0.2, 0.25) is 0 Å². The molecule has 27 heavy (non-hydrogen) atoms. The van der Waals surface area contributed by atoms with Crippen molar-refractivity contribution in [3.05, 3.63) is 0 Å². The molecule has 0 aliphatic carbocycles. The Hall–Kier alpha value is -0.240. The van der Waals surface area contributed by atoms with E-state index in [2.05, 4.69) is 34.6 Å². The Morgan fingerprint density at radius 1 is 0.815 bits per heavy atom. The fourth-order valence-electron chi connectivity index (χ4n) is 4.41. The average Bonchev–Trinajstić information content (AvgIpc) is 2.62. The molecule has 158 valence electrons. The SMILES string of the molecule is CC1C(CCC2CC(C)(C)OCO2)OCOC1CCC1(C)OCOCC1C. The number of hydrogen-bond donors (Lipinski definition) is 0. The van der Waals surface area contributed by atoms with Crippen LogP contribution in [0.4, 0.5) is 0 Å². The van der Waals surface area contributed by atoms with Crippen molar-refractivity contribution in [2.45, 2.75) is 96.2 Å². The minimum Gasteiger partial charge on any atom is -0.355 e. The predicted octanol–water partition coefficient (Wildman–Crippen LogP) is 3.87. The summed E-state index contributed by atoms with van der Waals surface area (Å²) in [5.41, 5.74) is -0.222. The molecule has 6 unspecified atom stereocenters. The van der Waals surface area contributed by atoms with Gasteiger partial charge < -0.3 is 28.4 Å². The molecule has 0 aromatic carbocycles. The molecule has 0 aromatic heterocycles. The fourth-order valence-corrected chi connectivity index (χ4v) is 4.41. The van der Waals surface area contributed by atoms with Gasteiger partial charge >= 0.3 is 0 Å². The monoisotopic (exact) mass is 386 g/mol. The lowest BCUT2D eigenvalue weighted by Crippen LogP contribution is -2.46.